The molecule has 0 atom stereocenters. The van der Waals surface area contributed by atoms with Crippen molar-refractivity contribution in [3.8, 4) is 17.0 Å². The van der Waals surface area contributed by atoms with Crippen molar-refractivity contribution in [2.75, 3.05) is 84.1 Å². The van der Waals surface area contributed by atoms with Gasteiger partial charge in [-0.05, 0) is 48.5 Å². The normalized spacial score (nSPS) is 16.0. The number of piperazine rings is 1. The topological polar surface area (TPSA) is 91.3 Å². The third kappa shape index (κ3) is 7.36. The third-order valence-electron chi connectivity index (χ3n) is 7.47. The predicted molar refractivity (Wildman–Crippen MR) is 152 cm³/mol. The van der Waals surface area contributed by atoms with E-state index in [0.29, 0.717) is 58.0 Å². The maximum Gasteiger partial charge on any atom is 0.254 e. The molecule has 5 rings (SSSR count). The summed E-state index contributed by atoms with van der Waals surface area (Å²) in [6.45, 7) is 6.15. The van der Waals surface area contributed by atoms with Gasteiger partial charge in [0.1, 0.15) is 18.1 Å². The average molecular weight is 563 g/mol. The smallest absolute Gasteiger partial charge is 0.254 e. The molecule has 1 aromatic heterocycles. The van der Waals surface area contributed by atoms with Gasteiger partial charge >= 0.3 is 0 Å². The molecule has 3 aromatic rings. The Balaban J connectivity index is 1.18. The first kappa shape index (κ1) is 28.4. The number of anilines is 1. The van der Waals surface area contributed by atoms with Crippen LogP contribution in [0.25, 0.3) is 11.3 Å². The van der Waals surface area contributed by atoms with Crippen LogP contribution in [0.2, 0.25) is 0 Å². The molecule has 0 aliphatic carbocycles. The van der Waals surface area contributed by atoms with Gasteiger partial charge in [0.2, 0.25) is 5.91 Å². The molecule has 3 heterocycles. The number of morpholine rings is 1. The van der Waals surface area contributed by atoms with Crippen LogP contribution in [-0.4, -0.2) is 116 Å². The molecule has 0 unspecified atom stereocenters. The van der Waals surface area contributed by atoms with Gasteiger partial charge in [-0.25, -0.2) is 4.39 Å². The fourth-order valence-electron chi connectivity index (χ4n) is 4.99. The number of benzene rings is 2. The zero-order valence-corrected chi connectivity index (χ0v) is 23.2. The first-order chi connectivity index (χ1) is 20.0. The summed E-state index contributed by atoms with van der Waals surface area (Å²) in [5, 5.41) is 8.82. The molecule has 41 heavy (non-hydrogen) atoms. The summed E-state index contributed by atoms with van der Waals surface area (Å²) in [6.07, 6.45) is 0. The molecular weight excluding hydrogens is 527 g/mol. The van der Waals surface area contributed by atoms with Gasteiger partial charge in [-0.1, -0.05) is 12.1 Å². The van der Waals surface area contributed by atoms with E-state index in [1.54, 1.807) is 16.9 Å². The van der Waals surface area contributed by atoms with Crippen LogP contribution in [-0.2, 0) is 9.53 Å². The fraction of sp³-hybridized carbons (Fsp3) is 0.400. The van der Waals surface area contributed by atoms with E-state index in [1.807, 2.05) is 36.4 Å². The highest BCUT2D eigenvalue weighted by atomic mass is 19.1. The minimum Gasteiger partial charge on any atom is -0.497 e. The van der Waals surface area contributed by atoms with Crippen molar-refractivity contribution in [2.24, 2.45) is 0 Å². The van der Waals surface area contributed by atoms with E-state index < -0.39 is 5.82 Å². The predicted octanol–water partition coefficient (Wildman–Crippen LogP) is 2.41. The molecule has 0 N–H and O–H groups in total. The minimum atomic E-state index is -0.407. The molecule has 216 valence electrons. The number of carbonyl (C=O) groups excluding carboxylic acids is 2. The Kier molecular flexibility index (Phi) is 9.37. The van der Waals surface area contributed by atoms with Gasteiger partial charge in [-0.2, -0.15) is 0 Å². The van der Waals surface area contributed by atoms with Crippen LogP contribution >= 0.6 is 0 Å². The third-order valence-corrected chi connectivity index (χ3v) is 7.47. The molecule has 0 spiro atoms. The summed E-state index contributed by atoms with van der Waals surface area (Å²) < 4.78 is 24.2. The standard InChI is InChI=1S/C30H35FN6O4/c1-40-26-4-2-3-24(21-26)27-9-10-28(33-32-27)35-13-15-36(16-14-35)29(38)22-37(12-11-34-17-19-41-20-18-34)30(39)23-5-7-25(31)8-6-23/h2-10,21H,11-20,22H2,1H3. The van der Waals surface area contributed by atoms with Crippen molar-refractivity contribution in [1.29, 1.82) is 0 Å². The largest absolute Gasteiger partial charge is 0.497 e. The molecular formula is C30H35FN6O4. The van der Waals surface area contributed by atoms with E-state index >= 15 is 0 Å². The second-order valence-corrected chi connectivity index (χ2v) is 10.1. The maximum absolute atomic E-state index is 13.5. The quantitative estimate of drug-likeness (QED) is 0.393. The van der Waals surface area contributed by atoms with Crippen LogP contribution in [0.1, 0.15) is 10.4 Å². The van der Waals surface area contributed by atoms with Crippen LogP contribution in [0.4, 0.5) is 10.2 Å². The molecule has 2 saturated heterocycles. The molecule has 2 aliphatic rings. The van der Waals surface area contributed by atoms with Crippen molar-refractivity contribution in [1.82, 2.24) is 24.9 Å². The van der Waals surface area contributed by atoms with Crippen LogP contribution in [0.5, 0.6) is 5.75 Å². The fourth-order valence-corrected chi connectivity index (χ4v) is 4.99. The van der Waals surface area contributed by atoms with Crippen molar-refractivity contribution >= 4 is 17.6 Å². The second kappa shape index (κ2) is 13.5. The van der Waals surface area contributed by atoms with Crippen molar-refractivity contribution in [3.63, 3.8) is 0 Å². The lowest BCUT2D eigenvalue weighted by Gasteiger charge is -2.36. The number of amides is 2. The molecule has 2 aromatic carbocycles. The lowest BCUT2D eigenvalue weighted by molar-refractivity contribution is -0.132. The van der Waals surface area contributed by atoms with Gasteiger partial charge in [-0.15, -0.1) is 10.2 Å². The number of hydrogen-bond acceptors (Lipinski definition) is 8. The summed E-state index contributed by atoms with van der Waals surface area (Å²) in [6, 6.07) is 17.0. The SMILES string of the molecule is COc1cccc(-c2ccc(N3CCN(C(=O)CN(CCN4CCOCC4)C(=O)c4ccc(F)cc4)CC3)nn2)c1. The highest BCUT2D eigenvalue weighted by Crippen LogP contribution is 2.23. The lowest BCUT2D eigenvalue weighted by Crippen LogP contribution is -2.53. The Labute approximate surface area is 239 Å². The molecule has 10 nitrogen and oxygen atoms in total. The number of carbonyl (C=O) groups is 2. The molecule has 2 fully saturated rings. The first-order valence-corrected chi connectivity index (χ1v) is 13.9. The van der Waals surface area contributed by atoms with E-state index in [-0.39, 0.29) is 18.4 Å². The summed E-state index contributed by atoms with van der Waals surface area (Å²) in [7, 11) is 1.63. The van der Waals surface area contributed by atoms with Crippen molar-refractivity contribution in [3.05, 3.63) is 72.0 Å². The highest BCUT2D eigenvalue weighted by Gasteiger charge is 2.26. The Bertz CT molecular complexity index is 1310. The van der Waals surface area contributed by atoms with E-state index in [2.05, 4.69) is 20.0 Å². The first-order valence-electron chi connectivity index (χ1n) is 13.9. The number of nitrogens with zero attached hydrogens (tertiary/aromatic N) is 6. The Morgan fingerprint density at radius 1 is 0.951 bits per heavy atom. The zero-order valence-electron chi connectivity index (χ0n) is 23.2. The van der Waals surface area contributed by atoms with Crippen LogP contribution in [0.3, 0.4) is 0 Å². The average Bonchev–Trinajstić information content (AvgIpc) is 3.03. The van der Waals surface area contributed by atoms with E-state index in [1.165, 1.54) is 24.3 Å². The van der Waals surface area contributed by atoms with E-state index in [4.69, 9.17) is 9.47 Å². The maximum atomic E-state index is 13.5. The van der Waals surface area contributed by atoms with Gasteiger partial charge in [-0.3, -0.25) is 14.5 Å². The Hall–Kier alpha value is -4.09. The molecule has 2 aliphatic heterocycles. The van der Waals surface area contributed by atoms with Crippen LogP contribution < -0.4 is 9.64 Å². The van der Waals surface area contributed by atoms with E-state index in [0.717, 1.165) is 35.9 Å². The van der Waals surface area contributed by atoms with Crippen LogP contribution in [0.15, 0.2) is 60.7 Å². The number of methoxy groups -OCH3 is 1. The molecule has 0 radical (unpaired) electrons. The molecule has 11 heteroatoms. The summed E-state index contributed by atoms with van der Waals surface area (Å²) >= 11 is 0. The summed E-state index contributed by atoms with van der Waals surface area (Å²) in [4.78, 5) is 34.3. The highest BCUT2D eigenvalue weighted by molar-refractivity contribution is 5.96. The summed E-state index contributed by atoms with van der Waals surface area (Å²) in [5.74, 6) is 0.712. The number of hydrogen-bond donors (Lipinski definition) is 0. The zero-order chi connectivity index (χ0) is 28.6. The van der Waals surface area contributed by atoms with Gasteiger partial charge in [0.25, 0.3) is 5.91 Å². The lowest BCUT2D eigenvalue weighted by atomic mass is 10.1. The van der Waals surface area contributed by atoms with Gasteiger partial charge in [0.15, 0.2) is 5.82 Å². The molecule has 0 saturated carbocycles. The van der Waals surface area contributed by atoms with E-state index in [9.17, 15) is 14.0 Å². The number of aromatic nitrogens is 2. The number of halogens is 1. The van der Waals surface area contributed by atoms with Gasteiger partial charge in [0, 0.05) is 63.5 Å². The Morgan fingerprint density at radius 2 is 1.71 bits per heavy atom. The monoisotopic (exact) mass is 562 g/mol. The molecule has 0 bridgehead atoms. The number of rotatable bonds is 9. The summed E-state index contributed by atoms with van der Waals surface area (Å²) in [5.41, 5.74) is 2.04. The minimum absolute atomic E-state index is 0.0322. The van der Waals surface area contributed by atoms with Gasteiger partial charge < -0.3 is 24.2 Å². The molecule has 2 amide bonds. The van der Waals surface area contributed by atoms with Crippen LogP contribution in [0, 0.1) is 5.82 Å². The van der Waals surface area contributed by atoms with Gasteiger partial charge in [0.05, 0.1) is 26.0 Å². The van der Waals surface area contributed by atoms with Crippen molar-refractivity contribution in [2.45, 2.75) is 0 Å². The second-order valence-electron chi connectivity index (χ2n) is 10.1. The van der Waals surface area contributed by atoms with Crippen molar-refractivity contribution < 1.29 is 23.5 Å². The number of ether oxygens (including phenoxy) is 2. The Morgan fingerprint density at radius 3 is 2.39 bits per heavy atom.